The van der Waals surface area contributed by atoms with E-state index in [2.05, 4.69) is 20.8 Å². The van der Waals surface area contributed by atoms with Crippen LogP contribution >= 0.6 is 11.6 Å². The molecule has 1 aromatic heterocycles. The number of nitrogens with zero attached hydrogens (tertiary/aromatic N) is 4. The van der Waals surface area contributed by atoms with Crippen molar-refractivity contribution in [3.63, 3.8) is 0 Å². The van der Waals surface area contributed by atoms with Crippen molar-refractivity contribution in [1.29, 1.82) is 0 Å². The van der Waals surface area contributed by atoms with Crippen LogP contribution in [0.3, 0.4) is 0 Å². The summed E-state index contributed by atoms with van der Waals surface area (Å²) in [6, 6.07) is 11.8. The maximum Gasteiger partial charge on any atom is 0.255 e. The first-order valence-corrected chi connectivity index (χ1v) is 8.61. The second-order valence-corrected chi connectivity index (χ2v) is 5.93. The molecule has 1 amide bonds. The molecule has 2 aromatic carbocycles. The van der Waals surface area contributed by atoms with Crippen LogP contribution in [0.1, 0.15) is 23.1 Å². The number of hydrogen-bond acceptors (Lipinski definition) is 6. The summed E-state index contributed by atoms with van der Waals surface area (Å²) < 4.78 is 12.4. The summed E-state index contributed by atoms with van der Waals surface area (Å²) in [5, 5.41) is 14.6. The summed E-state index contributed by atoms with van der Waals surface area (Å²) in [6.45, 7) is 2.86. The van der Waals surface area contributed by atoms with Crippen LogP contribution in [0.4, 0.5) is 5.69 Å². The maximum atomic E-state index is 12.4. The van der Waals surface area contributed by atoms with Gasteiger partial charge in [0.05, 0.1) is 12.1 Å². The van der Waals surface area contributed by atoms with Gasteiger partial charge < -0.3 is 14.8 Å². The Morgan fingerprint density at radius 2 is 2.00 bits per heavy atom. The number of amides is 1. The van der Waals surface area contributed by atoms with E-state index in [4.69, 9.17) is 21.1 Å². The molecule has 0 aliphatic rings. The van der Waals surface area contributed by atoms with E-state index in [1.807, 2.05) is 6.92 Å². The number of aromatic nitrogens is 4. The number of tetrazole rings is 1. The lowest BCUT2D eigenvalue weighted by Gasteiger charge is -2.09. The van der Waals surface area contributed by atoms with E-state index in [1.165, 1.54) is 7.11 Å². The van der Waals surface area contributed by atoms with Crippen molar-refractivity contribution in [3.05, 3.63) is 58.9 Å². The minimum atomic E-state index is -0.252. The van der Waals surface area contributed by atoms with Crippen LogP contribution in [-0.4, -0.2) is 33.2 Å². The van der Waals surface area contributed by atoms with Gasteiger partial charge in [0, 0.05) is 17.8 Å². The molecule has 0 atom stereocenters. The van der Waals surface area contributed by atoms with E-state index >= 15 is 0 Å². The SMILES string of the molecule is CCn1nnnc1COc1ccc(C(=O)Nc2ccc(OC)c(Cl)c2)cc1. The van der Waals surface area contributed by atoms with Crippen LogP contribution in [0.25, 0.3) is 0 Å². The molecule has 3 aromatic rings. The Kier molecular flexibility index (Phi) is 5.87. The lowest BCUT2D eigenvalue weighted by Crippen LogP contribution is -2.12. The third-order valence-corrected chi connectivity index (χ3v) is 4.10. The highest BCUT2D eigenvalue weighted by Gasteiger charge is 2.09. The Bertz CT molecular complexity index is 927. The monoisotopic (exact) mass is 387 g/mol. The smallest absolute Gasteiger partial charge is 0.255 e. The zero-order valence-electron chi connectivity index (χ0n) is 14.8. The Hall–Kier alpha value is -3.13. The molecule has 27 heavy (non-hydrogen) atoms. The average Bonchev–Trinajstić information content (AvgIpc) is 3.14. The first-order chi connectivity index (χ1) is 13.1. The summed E-state index contributed by atoms with van der Waals surface area (Å²) in [5.74, 6) is 1.54. The number of aryl methyl sites for hydroxylation is 1. The van der Waals surface area contributed by atoms with Gasteiger partial charge in [-0.25, -0.2) is 4.68 Å². The molecule has 1 N–H and O–H groups in total. The highest BCUT2D eigenvalue weighted by atomic mass is 35.5. The highest BCUT2D eigenvalue weighted by molar-refractivity contribution is 6.32. The normalized spacial score (nSPS) is 10.5. The summed E-state index contributed by atoms with van der Waals surface area (Å²) >= 11 is 6.07. The topological polar surface area (TPSA) is 91.2 Å². The first kappa shape index (κ1) is 18.7. The molecule has 1 heterocycles. The third kappa shape index (κ3) is 4.53. The van der Waals surface area contributed by atoms with Crippen LogP contribution in [-0.2, 0) is 13.2 Å². The standard InChI is InChI=1S/C18H18ClN5O3/c1-3-24-17(21-22-23-24)11-27-14-7-4-12(5-8-14)18(25)20-13-6-9-16(26-2)15(19)10-13/h4-10H,3,11H2,1-2H3,(H,20,25). The largest absolute Gasteiger partial charge is 0.495 e. The van der Waals surface area contributed by atoms with Crippen LogP contribution in [0.15, 0.2) is 42.5 Å². The predicted molar refractivity (Wildman–Crippen MR) is 100 cm³/mol. The molecule has 140 valence electrons. The zero-order valence-corrected chi connectivity index (χ0v) is 15.6. The minimum absolute atomic E-state index is 0.247. The van der Waals surface area contributed by atoms with E-state index in [0.717, 1.165) is 0 Å². The Morgan fingerprint density at radius 3 is 2.67 bits per heavy atom. The predicted octanol–water partition coefficient (Wildman–Crippen LogP) is 3.19. The summed E-state index contributed by atoms with van der Waals surface area (Å²) in [4.78, 5) is 12.4. The molecular formula is C18H18ClN5O3. The van der Waals surface area contributed by atoms with E-state index in [0.29, 0.717) is 40.1 Å². The summed E-state index contributed by atoms with van der Waals surface area (Å²) in [6.07, 6.45) is 0. The van der Waals surface area contributed by atoms with Crippen LogP contribution in [0.2, 0.25) is 5.02 Å². The van der Waals surface area contributed by atoms with E-state index in [9.17, 15) is 4.79 Å². The first-order valence-electron chi connectivity index (χ1n) is 8.23. The number of rotatable bonds is 7. The molecular weight excluding hydrogens is 370 g/mol. The molecule has 8 nitrogen and oxygen atoms in total. The van der Waals surface area contributed by atoms with Crippen molar-refractivity contribution in [2.24, 2.45) is 0 Å². The van der Waals surface area contributed by atoms with Gasteiger partial charge >= 0.3 is 0 Å². The quantitative estimate of drug-likeness (QED) is 0.669. The number of ether oxygens (including phenoxy) is 2. The van der Waals surface area contributed by atoms with Gasteiger partial charge in [0.2, 0.25) is 0 Å². The molecule has 0 saturated heterocycles. The van der Waals surface area contributed by atoms with Crippen molar-refractivity contribution in [3.8, 4) is 11.5 Å². The van der Waals surface area contributed by atoms with Gasteiger partial charge in [0.1, 0.15) is 18.1 Å². The average molecular weight is 388 g/mol. The molecule has 0 radical (unpaired) electrons. The number of carbonyl (C=O) groups excluding carboxylic acids is 1. The number of methoxy groups -OCH3 is 1. The molecule has 0 aliphatic carbocycles. The zero-order chi connectivity index (χ0) is 19.2. The van der Waals surface area contributed by atoms with Crippen molar-refractivity contribution < 1.29 is 14.3 Å². The Morgan fingerprint density at radius 1 is 1.22 bits per heavy atom. The van der Waals surface area contributed by atoms with Crippen molar-refractivity contribution in [2.75, 3.05) is 12.4 Å². The molecule has 0 aliphatic heterocycles. The number of nitrogens with one attached hydrogen (secondary N) is 1. The number of carbonyl (C=O) groups is 1. The fraction of sp³-hybridized carbons (Fsp3) is 0.222. The van der Waals surface area contributed by atoms with Crippen LogP contribution < -0.4 is 14.8 Å². The Balaban J connectivity index is 1.61. The van der Waals surface area contributed by atoms with E-state index < -0.39 is 0 Å². The second-order valence-electron chi connectivity index (χ2n) is 5.53. The lowest BCUT2D eigenvalue weighted by molar-refractivity contribution is 0.102. The fourth-order valence-electron chi connectivity index (χ4n) is 2.37. The van der Waals surface area contributed by atoms with Crippen LogP contribution in [0, 0.1) is 0 Å². The highest BCUT2D eigenvalue weighted by Crippen LogP contribution is 2.27. The molecule has 0 spiro atoms. The summed E-state index contributed by atoms with van der Waals surface area (Å²) in [5.41, 5.74) is 1.07. The molecule has 0 bridgehead atoms. The molecule has 0 saturated carbocycles. The fourth-order valence-corrected chi connectivity index (χ4v) is 2.63. The Labute approximate surface area is 161 Å². The van der Waals surface area contributed by atoms with Crippen molar-refractivity contribution in [2.45, 2.75) is 20.1 Å². The van der Waals surface area contributed by atoms with Gasteiger partial charge in [-0.2, -0.15) is 0 Å². The van der Waals surface area contributed by atoms with Gasteiger partial charge in [-0.05, 0) is 59.8 Å². The second kappa shape index (κ2) is 8.50. The molecule has 9 heteroatoms. The number of hydrogen-bond donors (Lipinski definition) is 1. The molecule has 0 fully saturated rings. The van der Waals surface area contributed by atoms with Gasteiger partial charge in [-0.15, -0.1) is 5.10 Å². The van der Waals surface area contributed by atoms with Gasteiger partial charge in [-0.1, -0.05) is 11.6 Å². The van der Waals surface area contributed by atoms with E-state index in [1.54, 1.807) is 47.1 Å². The molecule has 3 rings (SSSR count). The number of benzene rings is 2. The number of halogens is 1. The van der Waals surface area contributed by atoms with Crippen molar-refractivity contribution >= 4 is 23.2 Å². The van der Waals surface area contributed by atoms with Gasteiger partial charge in [0.25, 0.3) is 5.91 Å². The van der Waals surface area contributed by atoms with E-state index in [-0.39, 0.29) is 12.5 Å². The summed E-state index contributed by atoms with van der Waals surface area (Å²) in [7, 11) is 1.53. The third-order valence-electron chi connectivity index (χ3n) is 3.80. The van der Waals surface area contributed by atoms with Gasteiger partial charge in [-0.3, -0.25) is 4.79 Å². The molecule has 0 unspecified atom stereocenters. The maximum absolute atomic E-state index is 12.4. The van der Waals surface area contributed by atoms with Gasteiger partial charge in [0.15, 0.2) is 5.82 Å². The van der Waals surface area contributed by atoms with Crippen molar-refractivity contribution in [1.82, 2.24) is 20.2 Å². The minimum Gasteiger partial charge on any atom is -0.495 e. The van der Waals surface area contributed by atoms with Crippen LogP contribution in [0.5, 0.6) is 11.5 Å². The lowest BCUT2D eigenvalue weighted by atomic mass is 10.2. The number of anilines is 1.